The molecule has 1 heterocycles. The van der Waals surface area contributed by atoms with Gasteiger partial charge in [-0.25, -0.2) is 0 Å². The average molecular weight is 340 g/mol. The van der Waals surface area contributed by atoms with Crippen molar-refractivity contribution in [3.63, 3.8) is 0 Å². The van der Waals surface area contributed by atoms with Crippen molar-refractivity contribution in [1.82, 2.24) is 5.32 Å². The summed E-state index contributed by atoms with van der Waals surface area (Å²) in [4.78, 5) is 26.0. The Kier molecular flexibility index (Phi) is 4.01. The number of amides is 2. The summed E-state index contributed by atoms with van der Waals surface area (Å²) in [7, 11) is 0. The minimum absolute atomic E-state index is 0.0109. The Balaban J connectivity index is 2.04. The fourth-order valence-corrected chi connectivity index (χ4v) is 2.56. The Labute approximate surface area is 142 Å². The van der Waals surface area contributed by atoms with E-state index >= 15 is 0 Å². The second-order valence-corrected chi connectivity index (χ2v) is 5.42. The third kappa shape index (κ3) is 2.84. The number of carbonyl (C=O) groups excluding carboxylic acids is 2. The van der Waals surface area contributed by atoms with Gasteiger partial charge in [0.15, 0.2) is 5.11 Å². The lowest BCUT2D eigenvalue weighted by atomic mass is 10.1. The van der Waals surface area contributed by atoms with Crippen LogP contribution in [-0.4, -0.2) is 27.1 Å². The molecule has 3 N–H and O–H groups in total. The predicted molar refractivity (Wildman–Crippen MR) is 92.4 cm³/mol. The molecule has 0 radical (unpaired) electrons. The number of thiocarbonyl (C=S) groups is 1. The minimum Gasteiger partial charge on any atom is -0.508 e. The van der Waals surface area contributed by atoms with Gasteiger partial charge in [0, 0.05) is 11.6 Å². The van der Waals surface area contributed by atoms with Gasteiger partial charge in [0.25, 0.3) is 11.8 Å². The number of hydrogen-bond acceptors (Lipinski definition) is 5. The SMILES string of the molecule is O=C1NC(=S)N(c2ccccc2)C(=O)C1=Cc1ccc(O)cc1O. The molecule has 0 aliphatic carbocycles. The summed E-state index contributed by atoms with van der Waals surface area (Å²) < 4.78 is 0. The van der Waals surface area contributed by atoms with E-state index in [1.807, 2.05) is 0 Å². The third-order valence-corrected chi connectivity index (χ3v) is 3.71. The van der Waals surface area contributed by atoms with Crippen molar-refractivity contribution in [2.45, 2.75) is 0 Å². The molecule has 2 amide bonds. The standard InChI is InChI=1S/C17H12N2O4S/c20-12-7-6-10(14(21)9-12)8-13-15(22)18-17(24)19(16(13)23)11-4-2-1-3-5-11/h1-9,20-21H,(H,18,22,24). The van der Waals surface area contributed by atoms with E-state index in [2.05, 4.69) is 5.32 Å². The van der Waals surface area contributed by atoms with Gasteiger partial charge < -0.3 is 10.2 Å². The molecule has 0 saturated carbocycles. The highest BCUT2D eigenvalue weighted by Crippen LogP contribution is 2.27. The normalized spacial score (nSPS) is 16.4. The van der Waals surface area contributed by atoms with Gasteiger partial charge in [-0.15, -0.1) is 0 Å². The van der Waals surface area contributed by atoms with Crippen LogP contribution in [0.1, 0.15) is 5.56 Å². The molecule has 1 saturated heterocycles. The second kappa shape index (κ2) is 6.13. The summed E-state index contributed by atoms with van der Waals surface area (Å²) in [5, 5.41) is 21.6. The number of hydrogen-bond donors (Lipinski definition) is 3. The highest BCUT2D eigenvalue weighted by atomic mass is 32.1. The first-order chi connectivity index (χ1) is 11.5. The number of rotatable bonds is 2. The molecule has 1 aliphatic heterocycles. The van der Waals surface area contributed by atoms with Gasteiger partial charge in [-0.05, 0) is 42.6 Å². The maximum atomic E-state index is 12.7. The summed E-state index contributed by atoms with van der Waals surface area (Å²) in [5.74, 6) is -1.62. The number of benzene rings is 2. The molecule has 6 nitrogen and oxygen atoms in total. The van der Waals surface area contributed by atoms with Crippen LogP contribution in [0.4, 0.5) is 5.69 Å². The number of phenolic OH excluding ortho intramolecular Hbond substituents is 2. The summed E-state index contributed by atoms with van der Waals surface area (Å²) in [6, 6.07) is 12.5. The number of nitrogens with zero attached hydrogens (tertiary/aromatic N) is 1. The van der Waals surface area contributed by atoms with E-state index in [4.69, 9.17) is 12.2 Å². The Morgan fingerprint density at radius 2 is 1.75 bits per heavy atom. The topological polar surface area (TPSA) is 89.9 Å². The minimum atomic E-state index is -0.648. The summed E-state index contributed by atoms with van der Waals surface area (Å²) in [6.07, 6.45) is 1.25. The molecule has 2 aromatic carbocycles. The second-order valence-electron chi connectivity index (χ2n) is 5.04. The molecule has 0 unspecified atom stereocenters. The van der Waals surface area contributed by atoms with Crippen LogP contribution >= 0.6 is 12.2 Å². The van der Waals surface area contributed by atoms with Gasteiger partial charge >= 0.3 is 0 Å². The lowest BCUT2D eigenvalue weighted by molar-refractivity contribution is -0.122. The molecule has 1 aliphatic rings. The van der Waals surface area contributed by atoms with Crippen molar-refractivity contribution >= 4 is 40.9 Å². The van der Waals surface area contributed by atoms with Gasteiger partial charge in [0.2, 0.25) is 0 Å². The fraction of sp³-hybridized carbons (Fsp3) is 0. The number of para-hydroxylation sites is 1. The van der Waals surface area contributed by atoms with E-state index in [-0.39, 0.29) is 27.7 Å². The zero-order valence-corrected chi connectivity index (χ0v) is 13.1. The molecule has 0 spiro atoms. The smallest absolute Gasteiger partial charge is 0.270 e. The van der Waals surface area contributed by atoms with Gasteiger partial charge in [0.05, 0.1) is 5.69 Å². The highest BCUT2D eigenvalue weighted by molar-refractivity contribution is 7.80. The first-order valence-electron chi connectivity index (χ1n) is 6.96. The monoisotopic (exact) mass is 340 g/mol. The van der Waals surface area contributed by atoms with Crippen LogP contribution < -0.4 is 10.2 Å². The van der Waals surface area contributed by atoms with E-state index in [0.29, 0.717) is 5.69 Å². The number of carbonyl (C=O) groups is 2. The van der Waals surface area contributed by atoms with E-state index in [1.165, 1.54) is 23.1 Å². The van der Waals surface area contributed by atoms with Crippen LogP contribution in [0.25, 0.3) is 6.08 Å². The summed E-state index contributed by atoms with van der Waals surface area (Å²) in [5.41, 5.74) is 0.578. The first kappa shape index (κ1) is 15.7. The molecular formula is C17H12N2O4S. The van der Waals surface area contributed by atoms with E-state index in [9.17, 15) is 19.8 Å². The number of anilines is 1. The highest BCUT2D eigenvalue weighted by Gasteiger charge is 2.34. The lowest BCUT2D eigenvalue weighted by Gasteiger charge is -2.28. The number of aromatic hydroxyl groups is 2. The van der Waals surface area contributed by atoms with Gasteiger partial charge in [-0.3, -0.25) is 19.8 Å². The van der Waals surface area contributed by atoms with Crippen LogP contribution in [0.2, 0.25) is 0 Å². The van der Waals surface area contributed by atoms with Crippen LogP contribution in [0.5, 0.6) is 11.5 Å². The molecule has 24 heavy (non-hydrogen) atoms. The molecule has 0 aromatic heterocycles. The molecule has 3 rings (SSSR count). The van der Waals surface area contributed by atoms with Crippen LogP contribution in [0.15, 0.2) is 54.1 Å². The number of phenols is 2. The Hall–Kier alpha value is -3.19. The van der Waals surface area contributed by atoms with Crippen molar-refractivity contribution in [3.8, 4) is 11.5 Å². The van der Waals surface area contributed by atoms with Crippen LogP contribution in [0.3, 0.4) is 0 Å². The largest absolute Gasteiger partial charge is 0.508 e. The molecule has 2 aromatic rings. The lowest BCUT2D eigenvalue weighted by Crippen LogP contribution is -2.54. The van der Waals surface area contributed by atoms with E-state index in [0.717, 1.165) is 6.07 Å². The maximum absolute atomic E-state index is 12.7. The van der Waals surface area contributed by atoms with Gasteiger partial charge in [-0.2, -0.15) is 0 Å². The van der Waals surface area contributed by atoms with Crippen molar-refractivity contribution in [2.24, 2.45) is 0 Å². The molecule has 7 heteroatoms. The average Bonchev–Trinajstić information content (AvgIpc) is 2.54. The van der Waals surface area contributed by atoms with Crippen molar-refractivity contribution in [2.75, 3.05) is 4.90 Å². The van der Waals surface area contributed by atoms with Crippen LogP contribution in [0, 0.1) is 0 Å². The van der Waals surface area contributed by atoms with E-state index in [1.54, 1.807) is 30.3 Å². The van der Waals surface area contributed by atoms with Crippen molar-refractivity contribution in [1.29, 1.82) is 0 Å². The summed E-state index contributed by atoms with van der Waals surface area (Å²) in [6.45, 7) is 0. The zero-order valence-electron chi connectivity index (χ0n) is 12.3. The maximum Gasteiger partial charge on any atom is 0.270 e. The Morgan fingerprint density at radius 3 is 2.42 bits per heavy atom. The predicted octanol–water partition coefficient (Wildman–Crippen LogP) is 1.93. The van der Waals surface area contributed by atoms with Crippen molar-refractivity contribution < 1.29 is 19.8 Å². The quantitative estimate of drug-likeness (QED) is 0.442. The van der Waals surface area contributed by atoms with Gasteiger partial charge in [-0.1, -0.05) is 18.2 Å². The zero-order chi connectivity index (χ0) is 17.3. The Morgan fingerprint density at radius 1 is 1.04 bits per heavy atom. The first-order valence-corrected chi connectivity index (χ1v) is 7.36. The van der Waals surface area contributed by atoms with Crippen molar-refractivity contribution in [3.05, 3.63) is 59.7 Å². The summed E-state index contributed by atoms with van der Waals surface area (Å²) >= 11 is 5.09. The molecule has 0 atom stereocenters. The number of nitrogens with one attached hydrogen (secondary N) is 1. The molecule has 120 valence electrons. The molecule has 1 fully saturated rings. The van der Waals surface area contributed by atoms with Gasteiger partial charge in [0.1, 0.15) is 17.1 Å². The Bertz CT molecular complexity index is 877. The fourth-order valence-electron chi connectivity index (χ4n) is 2.28. The van der Waals surface area contributed by atoms with Crippen LogP contribution in [-0.2, 0) is 9.59 Å². The van der Waals surface area contributed by atoms with E-state index < -0.39 is 11.8 Å². The molecular weight excluding hydrogens is 328 g/mol. The third-order valence-electron chi connectivity index (χ3n) is 3.43. The molecule has 0 bridgehead atoms.